The minimum absolute atomic E-state index is 0.0810. The highest BCUT2D eigenvalue weighted by molar-refractivity contribution is 6.67. The Hall–Kier alpha value is -3.02. The summed E-state index contributed by atoms with van der Waals surface area (Å²) in [4.78, 5) is 39.8. The third-order valence-corrected chi connectivity index (χ3v) is 11.6. The number of hydrogen-bond donors (Lipinski definition) is 4. The summed E-state index contributed by atoms with van der Waals surface area (Å²) in [7, 11) is -1.37. The van der Waals surface area contributed by atoms with Crippen molar-refractivity contribution in [3.05, 3.63) is 36.4 Å². The molecule has 11 heteroatoms. The molecule has 226 valence electrons. The van der Waals surface area contributed by atoms with Gasteiger partial charge in [0.1, 0.15) is 11.9 Å². The monoisotopic (exact) mass is 580 g/mol. The first-order valence-electron chi connectivity index (χ1n) is 14.7. The van der Waals surface area contributed by atoms with Gasteiger partial charge in [0.25, 0.3) is 0 Å². The van der Waals surface area contributed by atoms with Gasteiger partial charge in [-0.05, 0) is 71.5 Å². The predicted molar refractivity (Wildman–Crippen MR) is 156 cm³/mol. The van der Waals surface area contributed by atoms with Crippen molar-refractivity contribution in [3.8, 4) is 5.75 Å². The Morgan fingerprint density at radius 3 is 2.55 bits per heavy atom. The van der Waals surface area contributed by atoms with Crippen LogP contribution in [0.4, 0.5) is 0 Å². The highest BCUT2D eigenvalue weighted by Crippen LogP contribution is 2.69. The van der Waals surface area contributed by atoms with E-state index in [0.717, 1.165) is 4.92 Å². The van der Waals surface area contributed by atoms with Gasteiger partial charge in [0.15, 0.2) is 11.9 Å². The van der Waals surface area contributed by atoms with Gasteiger partial charge in [-0.2, -0.15) is 5.10 Å². The molecule has 0 radical (unpaired) electrons. The number of nitrogens with zero attached hydrogens (tertiary/aromatic N) is 2. The molecule has 5 rings (SSSR count). The Bertz CT molecular complexity index is 1350. The Kier molecular flexibility index (Phi) is 7.47. The summed E-state index contributed by atoms with van der Waals surface area (Å²) in [6.07, 6.45) is 1.35. The lowest BCUT2D eigenvalue weighted by atomic mass is 9.41. The van der Waals surface area contributed by atoms with Crippen molar-refractivity contribution >= 4 is 36.4 Å². The summed E-state index contributed by atoms with van der Waals surface area (Å²) >= 11 is 0. The minimum Gasteiger partial charge on any atom is -0.478 e. The number of carboxylic acid groups (broad SMARTS) is 1. The maximum absolute atomic E-state index is 13.8. The van der Waals surface area contributed by atoms with E-state index in [1.807, 2.05) is 27.7 Å². The van der Waals surface area contributed by atoms with Crippen molar-refractivity contribution in [1.29, 1.82) is 0 Å². The molecule has 2 bridgehead atoms. The summed E-state index contributed by atoms with van der Waals surface area (Å²) in [6, 6.07) is 4.73. The molecule has 1 amide bonds. The van der Waals surface area contributed by atoms with Crippen molar-refractivity contribution in [2.75, 3.05) is 0 Å². The summed E-state index contributed by atoms with van der Waals surface area (Å²) in [5, 5.41) is 48.2. The van der Waals surface area contributed by atoms with E-state index in [1.165, 1.54) is 19.2 Å². The van der Waals surface area contributed by atoms with Gasteiger partial charge >= 0.3 is 13.0 Å². The van der Waals surface area contributed by atoms with E-state index in [2.05, 4.69) is 11.7 Å². The third-order valence-electron chi connectivity index (χ3n) is 11.6. The quantitative estimate of drug-likeness (QED) is 0.304. The van der Waals surface area contributed by atoms with Crippen LogP contribution in [0.1, 0.15) is 65.9 Å². The first-order valence-corrected chi connectivity index (χ1v) is 14.7. The van der Waals surface area contributed by atoms with Crippen LogP contribution >= 0.6 is 0 Å². The number of Topliss-reactive ketones (excluding diaryl/α,β-unsaturated/α-hetero) is 1. The molecule has 10 nitrogen and oxygen atoms in total. The molecule has 1 aromatic rings. The minimum atomic E-state index is -1.44. The van der Waals surface area contributed by atoms with Crippen molar-refractivity contribution < 1.29 is 39.5 Å². The van der Waals surface area contributed by atoms with Crippen LogP contribution in [0.25, 0.3) is 0 Å². The van der Waals surface area contributed by atoms with Crippen molar-refractivity contribution in [2.24, 2.45) is 45.0 Å². The molecule has 0 spiro atoms. The number of carbonyl (C=O) groups excluding carboxylic acids is 2. The van der Waals surface area contributed by atoms with E-state index in [0.29, 0.717) is 23.9 Å². The summed E-state index contributed by atoms with van der Waals surface area (Å²) in [5.74, 6) is -3.65. The number of rotatable bonds is 5. The second-order valence-electron chi connectivity index (χ2n) is 13.5. The number of ether oxygens (including phenoxy) is 1. The second-order valence-corrected chi connectivity index (χ2v) is 13.5. The van der Waals surface area contributed by atoms with Crippen LogP contribution in [-0.2, 0) is 14.4 Å². The fraction of sp³-hybridized carbons (Fsp3) is 0.613. The lowest BCUT2D eigenvalue weighted by molar-refractivity contribution is -0.193. The van der Waals surface area contributed by atoms with Crippen LogP contribution in [0.2, 0.25) is 0 Å². The molecule has 1 unspecified atom stereocenters. The maximum atomic E-state index is 13.8. The SMILES string of the molecule is C=C[C@]1(C)C[C@@H](C(Oc2ccc3c(c2)B(O)N(C(C)=O)N=C3)C(=O)O)[C@@]2(C)[C@H](C)CC[C@]3(C[C@H](O)C(=O)[C@H]32)[C@@H](C)[C@@H]1O. The Morgan fingerprint density at radius 2 is 1.93 bits per heavy atom. The number of aliphatic hydroxyl groups excluding tert-OH is 2. The Labute approximate surface area is 246 Å². The normalized spacial score (nSPS) is 40.0. The molecule has 0 saturated heterocycles. The lowest BCUT2D eigenvalue weighted by Gasteiger charge is -2.62. The number of carboxylic acids is 1. The molecule has 0 aromatic heterocycles. The average Bonchev–Trinajstić information content (AvgIpc) is 3.22. The van der Waals surface area contributed by atoms with Crippen LogP contribution in [0, 0.1) is 39.9 Å². The summed E-state index contributed by atoms with van der Waals surface area (Å²) in [6.45, 7) is 13.1. The molecular formula is C31H41BN2O8. The number of hydrazone groups is 1. The topological polar surface area (TPSA) is 157 Å². The zero-order chi connectivity index (χ0) is 30.9. The number of ketones is 1. The first kappa shape index (κ1) is 30.4. The molecular weight excluding hydrogens is 539 g/mol. The second kappa shape index (κ2) is 10.3. The largest absolute Gasteiger partial charge is 0.478 e. The zero-order valence-electron chi connectivity index (χ0n) is 24.9. The smallest absolute Gasteiger partial charge is 0.474 e. The van der Waals surface area contributed by atoms with E-state index in [9.17, 15) is 34.7 Å². The fourth-order valence-electron chi connectivity index (χ4n) is 8.89. The Morgan fingerprint density at radius 1 is 1.24 bits per heavy atom. The lowest BCUT2D eigenvalue weighted by Crippen LogP contribution is -2.63. The van der Waals surface area contributed by atoms with Gasteiger partial charge in [-0.25, -0.2) is 9.71 Å². The molecule has 4 aliphatic rings. The van der Waals surface area contributed by atoms with Crippen molar-refractivity contribution in [3.63, 3.8) is 0 Å². The van der Waals surface area contributed by atoms with E-state index >= 15 is 0 Å². The number of aliphatic hydroxyl groups is 2. The van der Waals surface area contributed by atoms with Gasteiger partial charge < -0.3 is 25.1 Å². The van der Waals surface area contributed by atoms with Crippen molar-refractivity contribution in [1.82, 2.24) is 4.92 Å². The fourth-order valence-corrected chi connectivity index (χ4v) is 8.89. The standard InChI is InChI=1S/C31H41BN2O8/c1-7-29(5)13-21(30(6)16(2)10-11-31(17(3)27(29)38)14-23(36)24(37)26(30)31)25(28(39)40)42-20-9-8-19-15-33-34(18(4)35)32(41)22(19)12-20/h7-9,12,15-17,21,23,25-27,36,38,41H,1,10-11,13-14H2,2-6H3,(H,39,40)/t16-,17+,21+,23+,25?,26+,27+,29-,30-,31+/m1/s1. The average molecular weight is 580 g/mol. The number of benzene rings is 1. The summed E-state index contributed by atoms with van der Waals surface area (Å²) < 4.78 is 6.29. The van der Waals surface area contributed by atoms with E-state index in [-0.39, 0.29) is 36.2 Å². The molecule has 1 aliphatic heterocycles. The van der Waals surface area contributed by atoms with Gasteiger partial charge in [-0.15, -0.1) is 6.58 Å². The van der Waals surface area contributed by atoms with Crippen LogP contribution in [-0.4, -0.2) is 74.5 Å². The first-order chi connectivity index (χ1) is 19.6. The number of amides is 1. The molecule has 4 N–H and O–H groups in total. The molecule has 3 saturated carbocycles. The maximum Gasteiger partial charge on any atom is 0.474 e. The zero-order valence-corrected chi connectivity index (χ0v) is 24.9. The molecule has 42 heavy (non-hydrogen) atoms. The number of carbonyl (C=O) groups is 3. The highest BCUT2D eigenvalue weighted by Gasteiger charge is 2.70. The number of fused-ring (bicyclic) bond motifs is 1. The molecule has 3 aliphatic carbocycles. The van der Waals surface area contributed by atoms with E-state index in [1.54, 1.807) is 18.2 Å². The molecule has 3 fully saturated rings. The van der Waals surface area contributed by atoms with Gasteiger partial charge in [-0.3, -0.25) is 9.59 Å². The van der Waals surface area contributed by atoms with Crippen molar-refractivity contribution in [2.45, 2.75) is 78.6 Å². The van der Waals surface area contributed by atoms with Crippen LogP contribution in [0.5, 0.6) is 5.75 Å². The van der Waals surface area contributed by atoms with E-state index in [4.69, 9.17) is 4.74 Å². The predicted octanol–water partition coefficient (Wildman–Crippen LogP) is 1.98. The molecule has 10 atom stereocenters. The number of aliphatic carboxylic acids is 1. The van der Waals surface area contributed by atoms with Gasteiger partial charge in [0.05, 0.1) is 12.3 Å². The van der Waals surface area contributed by atoms with E-state index < -0.39 is 65.3 Å². The molecule has 1 aromatic carbocycles. The molecule has 1 heterocycles. The van der Waals surface area contributed by atoms with Gasteiger partial charge in [0, 0.05) is 24.2 Å². The Balaban J connectivity index is 1.64. The number of hydrogen-bond acceptors (Lipinski definition) is 8. The summed E-state index contributed by atoms with van der Waals surface area (Å²) in [5.41, 5.74) is -1.59. The van der Waals surface area contributed by atoms with Crippen LogP contribution < -0.4 is 10.2 Å². The third kappa shape index (κ3) is 4.26. The van der Waals surface area contributed by atoms with Crippen LogP contribution in [0.3, 0.4) is 0 Å². The van der Waals surface area contributed by atoms with Gasteiger partial charge in [0.2, 0.25) is 5.91 Å². The highest BCUT2D eigenvalue weighted by atomic mass is 16.5. The van der Waals surface area contributed by atoms with Gasteiger partial charge in [-0.1, -0.05) is 39.8 Å². The van der Waals surface area contributed by atoms with Crippen LogP contribution in [0.15, 0.2) is 36.0 Å².